The molecule has 0 aliphatic rings. The zero-order chi connectivity index (χ0) is 14.5. The number of hydrogen-bond donors (Lipinski definition) is 1. The van der Waals surface area contributed by atoms with Crippen molar-refractivity contribution in [2.24, 2.45) is 5.92 Å². The summed E-state index contributed by atoms with van der Waals surface area (Å²) < 4.78 is 2.04. The Morgan fingerprint density at radius 2 is 2.10 bits per heavy atom. The molecule has 20 heavy (non-hydrogen) atoms. The lowest BCUT2D eigenvalue weighted by molar-refractivity contribution is -0.121. The highest BCUT2D eigenvalue weighted by atomic mass is 16.1. The molecule has 108 valence electrons. The number of imidazole rings is 1. The quantitative estimate of drug-likeness (QED) is 0.879. The first-order valence-electron chi connectivity index (χ1n) is 7.32. The van der Waals surface area contributed by atoms with Crippen molar-refractivity contribution in [3.63, 3.8) is 0 Å². The third-order valence-corrected chi connectivity index (χ3v) is 3.22. The van der Waals surface area contributed by atoms with Crippen LogP contribution < -0.4 is 5.32 Å². The molecule has 0 radical (unpaired) electrons. The van der Waals surface area contributed by atoms with Gasteiger partial charge >= 0.3 is 0 Å². The van der Waals surface area contributed by atoms with E-state index in [1.807, 2.05) is 28.8 Å². The minimum absolute atomic E-state index is 0.0548. The number of benzene rings is 1. The maximum atomic E-state index is 12.1. The van der Waals surface area contributed by atoms with E-state index in [2.05, 4.69) is 31.1 Å². The zero-order valence-electron chi connectivity index (χ0n) is 12.5. The molecule has 4 heteroatoms. The first kappa shape index (κ1) is 14.6. The molecule has 2 aromatic rings. The molecule has 0 unspecified atom stereocenters. The smallest absolute Gasteiger partial charge is 0.240 e. The SMILES string of the molecule is CCCc1nc2ccccc2n1CC(=O)NCC(C)C. The molecule has 2 rings (SSSR count). The van der Waals surface area contributed by atoms with Gasteiger partial charge in [-0.2, -0.15) is 0 Å². The molecule has 1 N–H and O–H groups in total. The summed E-state index contributed by atoms with van der Waals surface area (Å²) in [5.74, 6) is 1.51. The number of carbonyl (C=O) groups is 1. The predicted octanol–water partition coefficient (Wildman–Crippen LogP) is 2.76. The number of fused-ring (bicyclic) bond motifs is 1. The Labute approximate surface area is 120 Å². The Balaban J connectivity index is 2.22. The van der Waals surface area contributed by atoms with Crippen LogP contribution in [0.2, 0.25) is 0 Å². The minimum atomic E-state index is 0.0548. The van der Waals surface area contributed by atoms with Crippen molar-refractivity contribution >= 4 is 16.9 Å². The van der Waals surface area contributed by atoms with Gasteiger partial charge in [-0.25, -0.2) is 4.98 Å². The summed E-state index contributed by atoms with van der Waals surface area (Å²) in [6.07, 6.45) is 1.92. The van der Waals surface area contributed by atoms with Gasteiger partial charge in [0.05, 0.1) is 11.0 Å². The summed E-state index contributed by atoms with van der Waals surface area (Å²) in [5, 5.41) is 2.97. The average Bonchev–Trinajstić information content (AvgIpc) is 2.75. The number of carbonyl (C=O) groups excluding carboxylic acids is 1. The number of para-hydroxylation sites is 2. The van der Waals surface area contributed by atoms with Gasteiger partial charge in [0.25, 0.3) is 0 Å². The molecule has 1 aromatic heterocycles. The van der Waals surface area contributed by atoms with Crippen LogP contribution in [0.5, 0.6) is 0 Å². The van der Waals surface area contributed by atoms with E-state index >= 15 is 0 Å². The number of nitrogens with zero attached hydrogens (tertiary/aromatic N) is 2. The lowest BCUT2D eigenvalue weighted by atomic mass is 10.2. The largest absolute Gasteiger partial charge is 0.354 e. The molecular weight excluding hydrogens is 250 g/mol. The summed E-state index contributed by atoms with van der Waals surface area (Å²) >= 11 is 0. The van der Waals surface area contributed by atoms with Crippen molar-refractivity contribution in [2.75, 3.05) is 6.54 Å². The van der Waals surface area contributed by atoms with E-state index in [0.717, 1.165) is 29.7 Å². The molecule has 0 fully saturated rings. The number of hydrogen-bond acceptors (Lipinski definition) is 2. The van der Waals surface area contributed by atoms with Crippen molar-refractivity contribution in [2.45, 2.75) is 40.2 Å². The molecule has 0 saturated heterocycles. The summed E-state index contributed by atoms with van der Waals surface area (Å²) in [5.41, 5.74) is 2.00. The molecule has 0 bridgehead atoms. The van der Waals surface area contributed by atoms with Gasteiger partial charge in [-0.3, -0.25) is 4.79 Å². The maximum absolute atomic E-state index is 12.1. The van der Waals surface area contributed by atoms with Gasteiger partial charge < -0.3 is 9.88 Å². The molecule has 4 nitrogen and oxygen atoms in total. The van der Waals surface area contributed by atoms with E-state index in [1.165, 1.54) is 0 Å². The maximum Gasteiger partial charge on any atom is 0.240 e. The lowest BCUT2D eigenvalue weighted by Gasteiger charge is -2.11. The Hall–Kier alpha value is -1.84. The van der Waals surface area contributed by atoms with Crippen molar-refractivity contribution < 1.29 is 4.79 Å². The van der Waals surface area contributed by atoms with Gasteiger partial charge in [0.1, 0.15) is 12.4 Å². The molecule has 0 saturated carbocycles. The second-order valence-electron chi connectivity index (χ2n) is 5.55. The van der Waals surface area contributed by atoms with Crippen LogP contribution in [-0.4, -0.2) is 22.0 Å². The third-order valence-electron chi connectivity index (χ3n) is 3.22. The fourth-order valence-electron chi connectivity index (χ4n) is 2.23. The van der Waals surface area contributed by atoms with Crippen LogP contribution in [0, 0.1) is 5.92 Å². The van der Waals surface area contributed by atoms with Crippen molar-refractivity contribution in [1.29, 1.82) is 0 Å². The Kier molecular flexibility index (Phi) is 4.77. The topological polar surface area (TPSA) is 46.9 Å². The molecule has 1 aromatic carbocycles. The molecule has 0 atom stereocenters. The number of aromatic nitrogens is 2. The first-order valence-corrected chi connectivity index (χ1v) is 7.32. The van der Waals surface area contributed by atoms with E-state index in [1.54, 1.807) is 0 Å². The standard InChI is InChI=1S/C16H23N3O/c1-4-7-15-18-13-8-5-6-9-14(13)19(15)11-16(20)17-10-12(2)3/h5-6,8-9,12H,4,7,10-11H2,1-3H3,(H,17,20). The summed E-state index contributed by atoms with van der Waals surface area (Å²) in [7, 11) is 0. The summed E-state index contributed by atoms with van der Waals surface area (Å²) in [6, 6.07) is 7.99. The van der Waals surface area contributed by atoms with Crippen LogP contribution in [0.4, 0.5) is 0 Å². The number of aryl methyl sites for hydroxylation is 1. The van der Waals surface area contributed by atoms with E-state index in [-0.39, 0.29) is 5.91 Å². The van der Waals surface area contributed by atoms with Crippen molar-refractivity contribution in [1.82, 2.24) is 14.9 Å². The van der Waals surface area contributed by atoms with Gasteiger partial charge in [0, 0.05) is 13.0 Å². The van der Waals surface area contributed by atoms with E-state index < -0.39 is 0 Å². The van der Waals surface area contributed by atoms with E-state index in [0.29, 0.717) is 19.0 Å². The lowest BCUT2D eigenvalue weighted by Crippen LogP contribution is -2.31. The molecule has 1 amide bonds. The molecule has 0 aliphatic carbocycles. The summed E-state index contributed by atoms with van der Waals surface area (Å²) in [4.78, 5) is 16.7. The fourth-order valence-corrected chi connectivity index (χ4v) is 2.23. The highest BCUT2D eigenvalue weighted by molar-refractivity contribution is 5.81. The van der Waals surface area contributed by atoms with Crippen molar-refractivity contribution in [3.8, 4) is 0 Å². The average molecular weight is 273 g/mol. The van der Waals surface area contributed by atoms with Crippen LogP contribution in [0.1, 0.15) is 33.0 Å². The Morgan fingerprint density at radius 1 is 1.35 bits per heavy atom. The molecule has 0 aliphatic heterocycles. The Morgan fingerprint density at radius 3 is 2.80 bits per heavy atom. The number of rotatable bonds is 6. The molecular formula is C16H23N3O. The second-order valence-corrected chi connectivity index (χ2v) is 5.55. The van der Waals surface area contributed by atoms with E-state index in [4.69, 9.17) is 0 Å². The predicted molar refractivity (Wildman–Crippen MR) is 81.6 cm³/mol. The van der Waals surface area contributed by atoms with E-state index in [9.17, 15) is 4.79 Å². The monoisotopic (exact) mass is 273 g/mol. The van der Waals surface area contributed by atoms with Crippen LogP contribution in [0.15, 0.2) is 24.3 Å². The number of amides is 1. The van der Waals surface area contributed by atoms with Crippen LogP contribution in [0.25, 0.3) is 11.0 Å². The zero-order valence-corrected chi connectivity index (χ0v) is 12.5. The highest BCUT2D eigenvalue weighted by Crippen LogP contribution is 2.17. The highest BCUT2D eigenvalue weighted by Gasteiger charge is 2.12. The van der Waals surface area contributed by atoms with Crippen LogP contribution in [-0.2, 0) is 17.8 Å². The minimum Gasteiger partial charge on any atom is -0.354 e. The molecule has 1 heterocycles. The van der Waals surface area contributed by atoms with Gasteiger partial charge in [0.15, 0.2) is 0 Å². The molecule has 0 spiro atoms. The van der Waals surface area contributed by atoms with Crippen molar-refractivity contribution in [3.05, 3.63) is 30.1 Å². The third kappa shape index (κ3) is 3.38. The normalized spacial score (nSPS) is 11.2. The fraction of sp³-hybridized carbons (Fsp3) is 0.500. The second kappa shape index (κ2) is 6.55. The van der Waals surface area contributed by atoms with Crippen LogP contribution in [0.3, 0.4) is 0 Å². The van der Waals surface area contributed by atoms with Gasteiger partial charge in [0.2, 0.25) is 5.91 Å². The summed E-state index contributed by atoms with van der Waals surface area (Å²) in [6.45, 7) is 7.38. The van der Waals surface area contributed by atoms with Crippen LogP contribution >= 0.6 is 0 Å². The first-order chi connectivity index (χ1) is 9.61. The van der Waals surface area contributed by atoms with Gasteiger partial charge in [-0.05, 0) is 24.5 Å². The van der Waals surface area contributed by atoms with Gasteiger partial charge in [-0.15, -0.1) is 0 Å². The Bertz CT molecular complexity index is 586. The number of nitrogens with one attached hydrogen (secondary N) is 1. The van der Waals surface area contributed by atoms with Gasteiger partial charge in [-0.1, -0.05) is 32.9 Å².